The van der Waals surface area contributed by atoms with Gasteiger partial charge in [-0.25, -0.2) is 19.9 Å². The van der Waals surface area contributed by atoms with Gasteiger partial charge in [0.2, 0.25) is 0 Å². The van der Waals surface area contributed by atoms with E-state index in [0.29, 0.717) is 5.82 Å². The van der Waals surface area contributed by atoms with Gasteiger partial charge in [0, 0.05) is 86.9 Å². The van der Waals surface area contributed by atoms with E-state index in [1.807, 2.05) is 18.2 Å². The van der Waals surface area contributed by atoms with Crippen LogP contribution in [0.5, 0.6) is 23.0 Å². The van der Waals surface area contributed by atoms with Crippen molar-refractivity contribution in [2.24, 2.45) is 0 Å². The lowest BCUT2D eigenvalue weighted by Crippen LogP contribution is -2.32. The standard InChI is InChI=1S/C64H39NO.C54H31N3OS/c1-3-17-40(18-4-1)41-31-33-42(34-32-41)59-47-23-7-9-25-49(47)60(50-26-10-8-24-48(50)59)44-35-38-57-52(39-44)61-51(62(65-57)43-19-5-2-6-20-43)36-37-56-63(61)66-58-30-16-15-29-55(58)64(56)53-27-13-11-21-45(53)46-22-12-14-28-54(46)64;1-3-15-32(16-4-1)48-38-28-29-43-51(58-45-25-13-12-24-42(45)54(43)40-22-10-7-19-35(40)36-20-8-11-23-41(36)54)47(38)39-31-34(27-30-44(39)55-48)49-52-50(37-21-9-14-26-46(37)59-52)57-53(56-49)33-17-5-2-6-18-33/h1-39H;1-31H. The maximum Gasteiger partial charge on any atom is 0.160 e. The number of pyridine rings is 2. The van der Waals surface area contributed by atoms with E-state index < -0.39 is 10.8 Å². The first kappa shape index (κ1) is 70.8. The highest BCUT2D eigenvalue weighted by Gasteiger charge is 2.53. The van der Waals surface area contributed by atoms with Crippen LogP contribution in [0, 0.1) is 0 Å². The van der Waals surface area contributed by atoms with Crippen molar-refractivity contribution >= 4 is 96.5 Å². The Labute approximate surface area is 724 Å². The van der Waals surface area contributed by atoms with Gasteiger partial charge >= 0.3 is 0 Å². The second kappa shape index (κ2) is 27.7. The number of hydrogen-bond acceptors (Lipinski definition) is 7. The maximum atomic E-state index is 7.37. The predicted molar refractivity (Wildman–Crippen MR) is 515 cm³/mol. The van der Waals surface area contributed by atoms with E-state index in [9.17, 15) is 0 Å². The summed E-state index contributed by atoms with van der Waals surface area (Å²) in [5.74, 6) is 4.17. The minimum atomic E-state index is -0.591. The Morgan fingerprint density at radius 1 is 0.216 bits per heavy atom. The molecule has 125 heavy (non-hydrogen) atoms. The zero-order valence-corrected chi connectivity index (χ0v) is 68.2. The molecule has 6 nitrogen and oxygen atoms in total. The van der Waals surface area contributed by atoms with Crippen molar-refractivity contribution in [1.82, 2.24) is 19.9 Å². The van der Waals surface area contributed by atoms with Crippen molar-refractivity contribution in [3.63, 3.8) is 0 Å². The smallest absolute Gasteiger partial charge is 0.160 e. The number of para-hydroxylation sites is 2. The van der Waals surface area contributed by atoms with Gasteiger partial charge in [-0.15, -0.1) is 11.3 Å². The lowest BCUT2D eigenvalue weighted by molar-refractivity contribution is 0.442. The second-order valence-electron chi connectivity index (χ2n) is 33.0. The van der Waals surface area contributed by atoms with E-state index in [4.69, 9.17) is 29.4 Å². The lowest BCUT2D eigenvalue weighted by atomic mass is 9.65. The summed E-state index contributed by atoms with van der Waals surface area (Å²) in [5.41, 5.74) is 30.4. The molecule has 0 saturated carbocycles. The highest BCUT2D eigenvalue weighted by atomic mass is 32.1. The number of aromatic nitrogens is 4. The Kier molecular flexibility index (Phi) is 15.7. The van der Waals surface area contributed by atoms with Gasteiger partial charge in [-0.2, -0.15) is 0 Å². The molecule has 580 valence electrons. The van der Waals surface area contributed by atoms with E-state index in [0.717, 1.165) is 149 Å². The molecule has 0 atom stereocenters. The van der Waals surface area contributed by atoms with Crippen LogP contribution in [-0.2, 0) is 10.8 Å². The topological polar surface area (TPSA) is 70.0 Å². The summed E-state index contributed by atoms with van der Waals surface area (Å²) in [6.45, 7) is 0. The van der Waals surface area contributed by atoms with Crippen LogP contribution in [0.4, 0.5) is 0 Å². The summed E-state index contributed by atoms with van der Waals surface area (Å²) in [4.78, 5) is 21.5. The maximum absolute atomic E-state index is 7.37. The number of nitrogens with zero attached hydrogens (tertiary/aromatic N) is 4. The van der Waals surface area contributed by atoms with Crippen LogP contribution in [-0.4, -0.2) is 19.9 Å². The largest absolute Gasteiger partial charge is 0.456 e. The van der Waals surface area contributed by atoms with Crippen LogP contribution in [0.2, 0.25) is 0 Å². The second-order valence-corrected chi connectivity index (χ2v) is 34.1. The third kappa shape index (κ3) is 10.4. The molecule has 0 bridgehead atoms. The van der Waals surface area contributed by atoms with Crippen molar-refractivity contribution in [3.05, 3.63) is 469 Å². The summed E-state index contributed by atoms with van der Waals surface area (Å²) in [5, 5.41) is 12.3. The monoisotopic (exact) mass is 1610 g/mol. The predicted octanol–water partition coefficient (Wildman–Crippen LogP) is 30.8. The van der Waals surface area contributed by atoms with Crippen molar-refractivity contribution < 1.29 is 9.47 Å². The first-order valence-corrected chi connectivity index (χ1v) is 43.5. The van der Waals surface area contributed by atoms with Gasteiger partial charge in [-0.05, 0) is 142 Å². The van der Waals surface area contributed by atoms with Gasteiger partial charge in [-0.1, -0.05) is 382 Å². The van der Waals surface area contributed by atoms with Crippen LogP contribution in [0.3, 0.4) is 0 Å². The molecule has 27 rings (SSSR count). The van der Waals surface area contributed by atoms with Crippen molar-refractivity contribution in [2.45, 2.75) is 10.8 Å². The zero-order chi connectivity index (χ0) is 82.0. The molecule has 0 saturated heterocycles. The molecule has 0 N–H and O–H groups in total. The number of rotatable bonds is 7. The Morgan fingerprint density at radius 2 is 0.568 bits per heavy atom. The number of hydrogen-bond donors (Lipinski definition) is 0. The molecule has 4 aliphatic rings. The molecule has 4 aromatic heterocycles. The number of ether oxygens (including phenoxy) is 2. The van der Waals surface area contributed by atoms with Gasteiger partial charge in [0.25, 0.3) is 0 Å². The number of fused-ring (bicyclic) bond motifs is 31. The summed E-state index contributed by atoms with van der Waals surface area (Å²) in [6.07, 6.45) is 0. The highest BCUT2D eigenvalue weighted by Crippen LogP contribution is 2.66. The average Bonchev–Trinajstić information content (AvgIpc) is 1.56. The van der Waals surface area contributed by atoms with Crippen LogP contribution in [0.1, 0.15) is 44.5 Å². The summed E-state index contributed by atoms with van der Waals surface area (Å²) in [6, 6.07) is 153. The van der Waals surface area contributed by atoms with Gasteiger partial charge < -0.3 is 9.47 Å². The first-order chi connectivity index (χ1) is 62.0. The zero-order valence-electron chi connectivity index (χ0n) is 67.4. The van der Waals surface area contributed by atoms with Crippen LogP contribution in [0.15, 0.2) is 425 Å². The molecule has 7 heteroatoms. The van der Waals surface area contributed by atoms with Gasteiger partial charge in [0.1, 0.15) is 23.0 Å². The number of thiophene rings is 1. The van der Waals surface area contributed by atoms with Crippen LogP contribution < -0.4 is 9.47 Å². The quantitative estimate of drug-likeness (QED) is 0.117. The molecule has 2 spiro atoms. The Bertz CT molecular complexity index is 8330. The normalized spacial score (nSPS) is 13.2. The van der Waals surface area contributed by atoms with Gasteiger partial charge in [0.15, 0.2) is 5.82 Å². The molecule has 0 amide bonds. The van der Waals surface area contributed by atoms with E-state index in [1.165, 1.54) is 98.6 Å². The van der Waals surface area contributed by atoms with Crippen LogP contribution >= 0.6 is 11.3 Å². The third-order valence-electron chi connectivity index (χ3n) is 26.7. The molecule has 0 unspecified atom stereocenters. The fraction of sp³-hybridized carbons (Fsp3) is 0.0169. The molecule has 23 aromatic rings. The fourth-order valence-electron chi connectivity index (χ4n) is 21.4. The summed E-state index contributed by atoms with van der Waals surface area (Å²) < 4.78 is 16.9. The summed E-state index contributed by atoms with van der Waals surface area (Å²) in [7, 11) is 0. The van der Waals surface area contributed by atoms with Crippen LogP contribution in [0.25, 0.3) is 186 Å². The van der Waals surface area contributed by atoms with E-state index >= 15 is 0 Å². The molecule has 0 fully saturated rings. The molecule has 2 aliphatic carbocycles. The Balaban J connectivity index is 0.000000134. The molecular formula is C118H70N4O2S. The Morgan fingerprint density at radius 3 is 1.04 bits per heavy atom. The van der Waals surface area contributed by atoms with Crippen molar-refractivity contribution in [1.29, 1.82) is 0 Å². The first-order valence-electron chi connectivity index (χ1n) is 42.7. The SMILES string of the molecule is c1ccc(-c2ccc(-c3c4ccccc4c(-c4ccc5nc(-c6ccccc6)c6ccc7c(c6c5c4)Oc4ccccc4C74c5ccccc5-c5ccccc54)c4ccccc34)cc2)cc1.c1ccc(-c2nc(-c3ccc4nc(-c5ccccc5)c5ccc6c(c5c4c3)Oc3ccccc3C63c4ccccc4-c4ccccc43)c3sc4ccccc4c3n2)cc1. The van der Waals surface area contributed by atoms with Crippen molar-refractivity contribution in [2.75, 3.05) is 0 Å². The van der Waals surface area contributed by atoms with Crippen molar-refractivity contribution in [3.8, 4) is 124 Å². The third-order valence-corrected chi connectivity index (χ3v) is 27.8. The molecule has 19 aromatic carbocycles. The Hall–Kier alpha value is -16.1. The van der Waals surface area contributed by atoms with E-state index in [-0.39, 0.29) is 0 Å². The minimum absolute atomic E-state index is 0.590. The fourth-order valence-corrected chi connectivity index (χ4v) is 22.6. The molecule has 0 radical (unpaired) electrons. The molecular weight excluding hydrogens is 1540 g/mol. The van der Waals surface area contributed by atoms with E-state index in [1.54, 1.807) is 11.3 Å². The molecule has 6 heterocycles. The average molecular weight is 1610 g/mol. The highest BCUT2D eigenvalue weighted by molar-refractivity contribution is 7.26. The molecule has 2 aliphatic heterocycles. The van der Waals surface area contributed by atoms with Gasteiger partial charge in [0.05, 0.1) is 49.2 Å². The lowest BCUT2D eigenvalue weighted by Gasteiger charge is -2.40. The van der Waals surface area contributed by atoms with E-state index in [2.05, 4.69) is 406 Å². The number of benzene rings is 19. The van der Waals surface area contributed by atoms with Gasteiger partial charge in [-0.3, -0.25) is 0 Å². The minimum Gasteiger partial charge on any atom is -0.456 e. The summed E-state index contributed by atoms with van der Waals surface area (Å²) >= 11 is 1.75.